The molecule has 9 heteroatoms. The van der Waals surface area contributed by atoms with Crippen LogP contribution in [0.4, 0.5) is 5.69 Å². The molecule has 0 saturated heterocycles. The van der Waals surface area contributed by atoms with E-state index in [2.05, 4.69) is 15.8 Å². The molecule has 8 nitrogen and oxygen atoms in total. The Bertz CT molecular complexity index is 1200. The Morgan fingerprint density at radius 2 is 1.75 bits per heavy atom. The maximum atomic E-state index is 12.3. The van der Waals surface area contributed by atoms with E-state index in [-0.39, 0.29) is 24.2 Å². The molecule has 0 spiro atoms. The topological polar surface area (TPSA) is 98.2 Å². The summed E-state index contributed by atoms with van der Waals surface area (Å²) >= 11 is 1.40. The van der Waals surface area contributed by atoms with Crippen LogP contribution in [-0.2, 0) is 9.59 Å². The first-order valence-electron chi connectivity index (χ1n) is 11.3. The lowest BCUT2D eigenvalue weighted by atomic mass is 10.2. The summed E-state index contributed by atoms with van der Waals surface area (Å²) in [5, 5.41) is 6.86. The van der Waals surface area contributed by atoms with Crippen LogP contribution in [0.5, 0.6) is 17.2 Å². The van der Waals surface area contributed by atoms with Crippen molar-refractivity contribution in [3.63, 3.8) is 0 Å². The van der Waals surface area contributed by atoms with Crippen LogP contribution in [0.3, 0.4) is 0 Å². The Kier molecular flexibility index (Phi) is 10.2. The Labute approximate surface area is 215 Å². The number of thioether (sulfide) groups is 1. The summed E-state index contributed by atoms with van der Waals surface area (Å²) in [6.45, 7) is 4.04. The van der Waals surface area contributed by atoms with Crippen LogP contribution in [0.25, 0.3) is 0 Å². The van der Waals surface area contributed by atoms with E-state index in [0.29, 0.717) is 23.7 Å². The summed E-state index contributed by atoms with van der Waals surface area (Å²) in [7, 11) is 1.61. The minimum atomic E-state index is -0.271. The van der Waals surface area contributed by atoms with Gasteiger partial charge in [0, 0.05) is 10.6 Å². The highest BCUT2D eigenvalue weighted by molar-refractivity contribution is 8.00. The van der Waals surface area contributed by atoms with Crippen molar-refractivity contribution < 1.29 is 23.8 Å². The number of aryl methyl sites for hydroxylation is 1. The quantitative estimate of drug-likeness (QED) is 0.210. The molecule has 188 valence electrons. The molecule has 0 heterocycles. The third-order valence-electron chi connectivity index (χ3n) is 4.88. The summed E-state index contributed by atoms with van der Waals surface area (Å²) < 4.78 is 16.5. The summed E-state index contributed by atoms with van der Waals surface area (Å²) in [6.07, 6.45) is 1.52. The molecule has 3 rings (SSSR count). The molecule has 3 aromatic carbocycles. The zero-order chi connectivity index (χ0) is 25.8. The lowest BCUT2D eigenvalue weighted by Gasteiger charge is -2.13. The first-order valence-corrected chi connectivity index (χ1v) is 12.3. The average molecular weight is 508 g/mol. The van der Waals surface area contributed by atoms with E-state index in [9.17, 15) is 9.59 Å². The van der Waals surface area contributed by atoms with Crippen LogP contribution in [0.1, 0.15) is 18.1 Å². The fourth-order valence-electron chi connectivity index (χ4n) is 3.07. The van der Waals surface area contributed by atoms with Crippen LogP contribution in [0, 0.1) is 6.92 Å². The minimum absolute atomic E-state index is 0.163. The number of para-hydroxylation sites is 1. The predicted octanol–water partition coefficient (Wildman–Crippen LogP) is 4.66. The lowest BCUT2D eigenvalue weighted by molar-refractivity contribution is -0.119. The number of amides is 2. The second-order valence-electron chi connectivity index (χ2n) is 7.55. The molecule has 0 aromatic heterocycles. The highest BCUT2D eigenvalue weighted by Crippen LogP contribution is 2.28. The molecular weight excluding hydrogens is 478 g/mol. The van der Waals surface area contributed by atoms with Gasteiger partial charge in [0.1, 0.15) is 5.75 Å². The van der Waals surface area contributed by atoms with Gasteiger partial charge in [-0.25, -0.2) is 5.43 Å². The van der Waals surface area contributed by atoms with Crippen LogP contribution in [-0.4, -0.2) is 44.1 Å². The molecule has 0 bridgehead atoms. The first kappa shape index (κ1) is 26.6. The Morgan fingerprint density at radius 1 is 0.972 bits per heavy atom. The summed E-state index contributed by atoms with van der Waals surface area (Å²) in [5.41, 5.74) is 4.94. The van der Waals surface area contributed by atoms with Gasteiger partial charge in [0.05, 0.1) is 25.7 Å². The van der Waals surface area contributed by atoms with Crippen molar-refractivity contribution in [1.82, 2.24) is 5.43 Å². The number of carbonyl (C=O) groups excluding carboxylic acids is 2. The van der Waals surface area contributed by atoms with Gasteiger partial charge < -0.3 is 19.5 Å². The molecule has 2 amide bonds. The second-order valence-corrected chi connectivity index (χ2v) is 8.60. The van der Waals surface area contributed by atoms with Gasteiger partial charge in [0.15, 0.2) is 18.1 Å². The number of hydrazone groups is 1. The molecule has 0 atom stereocenters. The number of nitrogens with one attached hydrogen (secondary N) is 2. The number of benzene rings is 3. The number of nitrogens with zero attached hydrogens (tertiary/aromatic N) is 1. The zero-order valence-corrected chi connectivity index (χ0v) is 21.3. The molecule has 0 fully saturated rings. The lowest BCUT2D eigenvalue weighted by Crippen LogP contribution is -2.21. The number of methoxy groups -OCH3 is 1. The van der Waals surface area contributed by atoms with E-state index in [1.165, 1.54) is 18.0 Å². The number of rotatable bonds is 12. The van der Waals surface area contributed by atoms with Gasteiger partial charge in [-0.2, -0.15) is 5.10 Å². The SMILES string of the molecule is CCOc1cc(/C=N/NC(=O)CSc2ccc(OC)cc2)ccc1OCC(=O)Nc1ccccc1C. The molecule has 36 heavy (non-hydrogen) atoms. The fraction of sp³-hybridized carbons (Fsp3) is 0.222. The van der Waals surface area contributed by atoms with Crippen molar-refractivity contribution in [3.05, 3.63) is 77.9 Å². The van der Waals surface area contributed by atoms with Crippen LogP contribution in [0.15, 0.2) is 76.7 Å². The minimum Gasteiger partial charge on any atom is -0.497 e. The molecule has 0 radical (unpaired) electrons. The monoisotopic (exact) mass is 507 g/mol. The zero-order valence-electron chi connectivity index (χ0n) is 20.4. The van der Waals surface area contributed by atoms with E-state index in [1.807, 2.05) is 62.4 Å². The van der Waals surface area contributed by atoms with Crippen molar-refractivity contribution in [1.29, 1.82) is 0 Å². The highest BCUT2D eigenvalue weighted by Gasteiger charge is 2.10. The fourth-order valence-corrected chi connectivity index (χ4v) is 3.76. The molecule has 0 saturated carbocycles. The van der Waals surface area contributed by atoms with Crippen molar-refractivity contribution in [2.45, 2.75) is 18.7 Å². The molecule has 0 aliphatic heterocycles. The third kappa shape index (κ3) is 8.35. The summed E-state index contributed by atoms with van der Waals surface area (Å²) in [4.78, 5) is 25.4. The largest absolute Gasteiger partial charge is 0.497 e. The highest BCUT2D eigenvalue weighted by atomic mass is 32.2. The maximum Gasteiger partial charge on any atom is 0.262 e. The molecular formula is C27H29N3O5S. The normalized spacial score (nSPS) is 10.6. The number of anilines is 1. The molecule has 0 aliphatic carbocycles. The van der Waals surface area contributed by atoms with E-state index in [4.69, 9.17) is 14.2 Å². The first-order chi connectivity index (χ1) is 17.5. The Hall–Kier alpha value is -3.98. The molecule has 3 aromatic rings. The Balaban J connectivity index is 1.51. The van der Waals surface area contributed by atoms with Crippen LogP contribution in [0.2, 0.25) is 0 Å². The average Bonchev–Trinajstić information content (AvgIpc) is 2.89. The van der Waals surface area contributed by atoms with Gasteiger partial charge in [0.25, 0.3) is 5.91 Å². The van der Waals surface area contributed by atoms with Crippen LogP contribution >= 0.6 is 11.8 Å². The van der Waals surface area contributed by atoms with E-state index < -0.39 is 0 Å². The smallest absolute Gasteiger partial charge is 0.262 e. The maximum absolute atomic E-state index is 12.3. The van der Waals surface area contributed by atoms with Crippen molar-refractivity contribution in [3.8, 4) is 17.2 Å². The van der Waals surface area contributed by atoms with E-state index in [0.717, 1.165) is 21.9 Å². The van der Waals surface area contributed by atoms with Gasteiger partial charge in [-0.05, 0) is 73.5 Å². The van der Waals surface area contributed by atoms with Crippen molar-refractivity contribution in [2.24, 2.45) is 5.10 Å². The molecule has 0 unspecified atom stereocenters. The van der Waals surface area contributed by atoms with E-state index in [1.54, 1.807) is 25.3 Å². The van der Waals surface area contributed by atoms with Gasteiger partial charge in [-0.1, -0.05) is 18.2 Å². The number of hydrogen-bond acceptors (Lipinski definition) is 7. The van der Waals surface area contributed by atoms with Crippen molar-refractivity contribution in [2.75, 3.05) is 31.4 Å². The van der Waals surface area contributed by atoms with E-state index >= 15 is 0 Å². The number of carbonyl (C=O) groups is 2. The van der Waals surface area contributed by atoms with Gasteiger partial charge in [-0.15, -0.1) is 11.8 Å². The standard InChI is InChI=1S/C27H29N3O5S/c1-4-34-25-15-20(16-28-30-27(32)18-36-22-12-10-21(33-3)11-13-22)9-14-24(25)35-17-26(31)29-23-8-6-5-7-19(23)2/h5-16H,4,17-18H2,1-3H3,(H,29,31)(H,30,32)/b28-16+. The van der Waals surface area contributed by atoms with Gasteiger partial charge >= 0.3 is 0 Å². The number of hydrogen-bond donors (Lipinski definition) is 2. The number of ether oxygens (including phenoxy) is 3. The summed E-state index contributed by atoms with van der Waals surface area (Å²) in [5.74, 6) is 1.41. The predicted molar refractivity (Wildman–Crippen MR) is 142 cm³/mol. The van der Waals surface area contributed by atoms with Gasteiger partial charge in [-0.3, -0.25) is 9.59 Å². The molecule has 2 N–H and O–H groups in total. The summed E-state index contributed by atoms with van der Waals surface area (Å²) in [6, 6.07) is 20.2. The van der Waals surface area contributed by atoms with Crippen molar-refractivity contribution >= 4 is 35.5 Å². The molecule has 0 aliphatic rings. The second kappa shape index (κ2) is 13.8. The third-order valence-corrected chi connectivity index (χ3v) is 5.89. The van der Waals surface area contributed by atoms with Gasteiger partial charge in [0.2, 0.25) is 5.91 Å². The Morgan fingerprint density at radius 3 is 2.47 bits per heavy atom. The van der Waals surface area contributed by atoms with Crippen LogP contribution < -0.4 is 25.0 Å².